The van der Waals surface area contributed by atoms with E-state index in [1.165, 1.54) is 0 Å². The van der Waals surface area contributed by atoms with Gasteiger partial charge in [-0.3, -0.25) is 0 Å². The van der Waals surface area contributed by atoms with Crippen molar-refractivity contribution in [2.24, 2.45) is 0 Å². The standard InChI is InChI=1S/C12H12N2O2/c15-10-3-1-8(2-4-10)11-7-16-12(14-11)9-5-13-6-9/h1-4,7,9,13,15H,5-6H2. The number of nitrogens with one attached hydrogen (secondary N) is 1. The highest BCUT2D eigenvalue weighted by Crippen LogP contribution is 2.25. The summed E-state index contributed by atoms with van der Waals surface area (Å²) >= 11 is 0. The Balaban J connectivity index is 1.88. The molecule has 0 radical (unpaired) electrons. The maximum absolute atomic E-state index is 9.19. The second-order valence-electron chi connectivity index (χ2n) is 3.97. The Bertz CT molecular complexity index is 486. The van der Waals surface area contributed by atoms with Gasteiger partial charge in [0.05, 0.1) is 5.92 Å². The van der Waals surface area contributed by atoms with Crippen molar-refractivity contribution < 1.29 is 9.52 Å². The summed E-state index contributed by atoms with van der Waals surface area (Å²) in [6.07, 6.45) is 1.67. The van der Waals surface area contributed by atoms with Gasteiger partial charge in [-0.1, -0.05) is 0 Å². The molecule has 1 aliphatic rings. The normalized spacial score (nSPS) is 16.0. The van der Waals surface area contributed by atoms with E-state index in [1.54, 1.807) is 18.4 Å². The Kier molecular flexibility index (Phi) is 2.15. The van der Waals surface area contributed by atoms with Gasteiger partial charge in [-0.05, 0) is 24.3 Å². The van der Waals surface area contributed by atoms with E-state index in [-0.39, 0.29) is 5.75 Å². The minimum atomic E-state index is 0.260. The van der Waals surface area contributed by atoms with Crippen molar-refractivity contribution in [2.75, 3.05) is 13.1 Å². The van der Waals surface area contributed by atoms with Crippen LogP contribution in [-0.4, -0.2) is 23.2 Å². The Morgan fingerprint density at radius 2 is 2.00 bits per heavy atom. The number of aromatic nitrogens is 1. The average Bonchev–Trinajstić information content (AvgIpc) is 2.65. The molecule has 1 aromatic heterocycles. The zero-order chi connectivity index (χ0) is 11.0. The van der Waals surface area contributed by atoms with Crippen LogP contribution in [0.15, 0.2) is 34.9 Å². The van der Waals surface area contributed by atoms with Crippen LogP contribution in [0.2, 0.25) is 0 Å². The van der Waals surface area contributed by atoms with E-state index in [1.807, 2.05) is 12.1 Å². The fourth-order valence-electron chi connectivity index (χ4n) is 1.70. The number of phenols is 1. The maximum atomic E-state index is 9.19. The van der Waals surface area contributed by atoms with Gasteiger partial charge in [-0.2, -0.15) is 0 Å². The molecule has 16 heavy (non-hydrogen) atoms. The van der Waals surface area contributed by atoms with Crippen LogP contribution in [0, 0.1) is 0 Å². The van der Waals surface area contributed by atoms with Gasteiger partial charge >= 0.3 is 0 Å². The molecule has 0 bridgehead atoms. The number of rotatable bonds is 2. The van der Waals surface area contributed by atoms with Crippen LogP contribution in [0.4, 0.5) is 0 Å². The molecular weight excluding hydrogens is 204 g/mol. The molecule has 1 aromatic carbocycles. The van der Waals surface area contributed by atoms with Gasteiger partial charge in [0, 0.05) is 18.7 Å². The predicted molar refractivity (Wildman–Crippen MR) is 59.2 cm³/mol. The van der Waals surface area contributed by atoms with Gasteiger partial charge in [0.15, 0.2) is 5.89 Å². The summed E-state index contributed by atoms with van der Waals surface area (Å²) in [5, 5.41) is 12.4. The molecule has 82 valence electrons. The first-order chi connectivity index (χ1) is 7.83. The van der Waals surface area contributed by atoms with Crippen LogP contribution in [0.5, 0.6) is 5.75 Å². The fraction of sp³-hybridized carbons (Fsp3) is 0.250. The van der Waals surface area contributed by atoms with Crippen LogP contribution in [0.3, 0.4) is 0 Å². The first-order valence-corrected chi connectivity index (χ1v) is 5.28. The molecule has 4 heteroatoms. The molecule has 2 aromatic rings. The molecule has 0 amide bonds. The largest absolute Gasteiger partial charge is 0.508 e. The predicted octanol–water partition coefficient (Wildman–Crippen LogP) is 1.73. The third-order valence-corrected chi connectivity index (χ3v) is 2.82. The van der Waals surface area contributed by atoms with Crippen LogP contribution in [-0.2, 0) is 0 Å². The first-order valence-electron chi connectivity index (χ1n) is 5.28. The molecule has 4 nitrogen and oxygen atoms in total. The van der Waals surface area contributed by atoms with Crippen LogP contribution >= 0.6 is 0 Å². The molecule has 0 spiro atoms. The number of aromatic hydroxyl groups is 1. The SMILES string of the molecule is Oc1ccc(-c2coc(C3CNC3)n2)cc1. The maximum Gasteiger partial charge on any atom is 0.200 e. The fourth-order valence-corrected chi connectivity index (χ4v) is 1.70. The lowest BCUT2D eigenvalue weighted by molar-refractivity contribution is 0.357. The second kappa shape index (κ2) is 3.64. The summed E-state index contributed by atoms with van der Waals surface area (Å²) < 4.78 is 5.44. The Morgan fingerprint density at radius 1 is 1.25 bits per heavy atom. The summed E-state index contributed by atoms with van der Waals surface area (Å²) in [5.74, 6) is 1.46. The van der Waals surface area contributed by atoms with Gasteiger partial charge in [0.1, 0.15) is 17.7 Å². The van der Waals surface area contributed by atoms with Crippen molar-refractivity contribution in [2.45, 2.75) is 5.92 Å². The number of hydrogen-bond acceptors (Lipinski definition) is 4. The molecule has 3 rings (SSSR count). The van der Waals surface area contributed by atoms with Crippen molar-refractivity contribution in [3.8, 4) is 17.0 Å². The quantitative estimate of drug-likeness (QED) is 0.802. The van der Waals surface area contributed by atoms with E-state index < -0.39 is 0 Å². The van der Waals surface area contributed by atoms with Gasteiger partial charge in [-0.25, -0.2) is 4.98 Å². The third-order valence-electron chi connectivity index (χ3n) is 2.82. The minimum absolute atomic E-state index is 0.260. The topological polar surface area (TPSA) is 58.3 Å². The first kappa shape index (κ1) is 9.42. The molecule has 1 aliphatic heterocycles. The third kappa shape index (κ3) is 1.57. The van der Waals surface area contributed by atoms with Crippen molar-refractivity contribution in [3.63, 3.8) is 0 Å². The molecule has 1 saturated heterocycles. The van der Waals surface area contributed by atoms with E-state index in [0.29, 0.717) is 5.92 Å². The van der Waals surface area contributed by atoms with Gasteiger partial charge in [-0.15, -0.1) is 0 Å². The Morgan fingerprint density at radius 3 is 2.62 bits per heavy atom. The van der Waals surface area contributed by atoms with Crippen molar-refractivity contribution >= 4 is 0 Å². The molecule has 2 N–H and O–H groups in total. The minimum Gasteiger partial charge on any atom is -0.508 e. The van der Waals surface area contributed by atoms with Crippen LogP contribution < -0.4 is 5.32 Å². The number of benzene rings is 1. The van der Waals surface area contributed by atoms with Crippen LogP contribution in [0.25, 0.3) is 11.3 Å². The van der Waals surface area contributed by atoms with Crippen LogP contribution in [0.1, 0.15) is 11.8 Å². The van der Waals surface area contributed by atoms with E-state index in [0.717, 1.165) is 30.2 Å². The zero-order valence-corrected chi connectivity index (χ0v) is 8.68. The van der Waals surface area contributed by atoms with Gasteiger partial charge < -0.3 is 14.8 Å². The second-order valence-corrected chi connectivity index (χ2v) is 3.97. The van der Waals surface area contributed by atoms with Crippen molar-refractivity contribution in [1.82, 2.24) is 10.3 Å². The molecule has 0 aliphatic carbocycles. The monoisotopic (exact) mass is 216 g/mol. The average molecular weight is 216 g/mol. The van der Waals surface area contributed by atoms with E-state index >= 15 is 0 Å². The summed E-state index contributed by atoms with van der Waals surface area (Å²) in [5.41, 5.74) is 1.78. The van der Waals surface area contributed by atoms with Crippen molar-refractivity contribution in [3.05, 3.63) is 36.4 Å². The molecule has 0 saturated carbocycles. The van der Waals surface area contributed by atoms with E-state index in [4.69, 9.17) is 4.42 Å². The summed E-state index contributed by atoms with van der Waals surface area (Å²) in [6, 6.07) is 6.95. The molecule has 2 heterocycles. The summed E-state index contributed by atoms with van der Waals surface area (Å²) in [4.78, 5) is 4.44. The van der Waals surface area contributed by atoms with Gasteiger partial charge in [0.2, 0.25) is 0 Å². The number of hydrogen-bond donors (Lipinski definition) is 2. The highest BCUT2D eigenvalue weighted by atomic mass is 16.3. The number of nitrogens with zero attached hydrogens (tertiary/aromatic N) is 1. The summed E-state index contributed by atoms with van der Waals surface area (Å²) in [7, 11) is 0. The van der Waals surface area contributed by atoms with E-state index in [9.17, 15) is 5.11 Å². The molecule has 0 atom stereocenters. The van der Waals surface area contributed by atoms with Gasteiger partial charge in [0.25, 0.3) is 0 Å². The highest BCUT2D eigenvalue weighted by Gasteiger charge is 2.23. The molecular formula is C12H12N2O2. The smallest absolute Gasteiger partial charge is 0.200 e. The lowest BCUT2D eigenvalue weighted by Gasteiger charge is -2.23. The highest BCUT2D eigenvalue weighted by molar-refractivity contribution is 5.58. The Labute approximate surface area is 92.9 Å². The Hall–Kier alpha value is -1.81. The molecule has 1 fully saturated rings. The lowest BCUT2D eigenvalue weighted by atomic mass is 10.0. The lowest BCUT2D eigenvalue weighted by Crippen LogP contribution is -2.40. The molecule has 0 unspecified atom stereocenters. The summed E-state index contributed by atoms with van der Waals surface area (Å²) in [6.45, 7) is 1.88. The number of oxazole rings is 1. The number of phenolic OH excluding ortho intramolecular Hbond substituents is 1. The van der Waals surface area contributed by atoms with Crippen molar-refractivity contribution in [1.29, 1.82) is 0 Å². The zero-order valence-electron chi connectivity index (χ0n) is 8.68. The van der Waals surface area contributed by atoms with E-state index in [2.05, 4.69) is 10.3 Å².